The average molecular weight is 470 g/mol. The van der Waals surface area contributed by atoms with Gasteiger partial charge in [0.2, 0.25) is 15.9 Å². The first kappa shape index (κ1) is 23.5. The predicted molar refractivity (Wildman–Crippen MR) is 125 cm³/mol. The molecule has 176 valence electrons. The van der Waals surface area contributed by atoms with Crippen LogP contribution in [0, 0.1) is 25.2 Å². The Kier molecular flexibility index (Phi) is 6.86. The highest BCUT2D eigenvalue weighted by Crippen LogP contribution is 2.32. The van der Waals surface area contributed by atoms with E-state index in [0.29, 0.717) is 56.8 Å². The molecular formula is C24H31N5O3S. The Hall–Kier alpha value is -2.70. The molecule has 9 heteroatoms. The van der Waals surface area contributed by atoms with Crippen LogP contribution in [0.4, 0.5) is 5.69 Å². The highest BCUT2D eigenvalue weighted by molar-refractivity contribution is 7.89. The van der Waals surface area contributed by atoms with Crippen molar-refractivity contribution in [3.63, 3.8) is 0 Å². The minimum absolute atomic E-state index is 0.0314. The smallest absolute Gasteiger partial charge is 0.243 e. The molecule has 0 N–H and O–H groups in total. The van der Waals surface area contributed by atoms with Gasteiger partial charge in [-0.05, 0) is 68.9 Å². The molecule has 0 aliphatic carbocycles. The van der Waals surface area contributed by atoms with Gasteiger partial charge in [0.25, 0.3) is 0 Å². The third-order valence-electron chi connectivity index (χ3n) is 6.76. The van der Waals surface area contributed by atoms with Gasteiger partial charge in [0.05, 0.1) is 29.6 Å². The van der Waals surface area contributed by atoms with Crippen molar-refractivity contribution in [2.75, 3.05) is 24.5 Å². The molecule has 1 fully saturated rings. The Morgan fingerprint density at radius 1 is 1.15 bits per heavy atom. The van der Waals surface area contributed by atoms with E-state index in [0.717, 1.165) is 47.5 Å². The molecule has 2 aliphatic rings. The molecule has 1 aromatic carbocycles. The van der Waals surface area contributed by atoms with Gasteiger partial charge in [-0.1, -0.05) is 6.42 Å². The summed E-state index contributed by atoms with van der Waals surface area (Å²) in [7, 11) is -3.48. The maximum Gasteiger partial charge on any atom is 0.243 e. The van der Waals surface area contributed by atoms with Crippen LogP contribution in [0.3, 0.4) is 0 Å². The number of sulfonamides is 1. The number of piperidine rings is 1. The van der Waals surface area contributed by atoms with Gasteiger partial charge >= 0.3 is 0 Å². The maximum absolute atomic E-state index is 13.0. The number of carbonyl (C=O) groups excluding carboxylic acids is 1. The van der Waals surface area contributed by atoms with Crippen LogP contribution in [0.2, 0.25) is 0 Å². The molecule has 4 rings (SSSR count). The lowest BCUT2D eigenvalue weighted by Gasteiger charge is -2.26. The summed E-state index contributed by atoms with van der Waals surface area (Å²) in [5, 5.41) is 13.3. The molecular weight excluding hydrogens is 438 g/mol. The minimum Gasteiger partial charge on any atom is -0.312 e. The van der Waals surface area contributed by atoms with E-state index in [4.69, 9.17) is 5.26 Å². The van der Waals surface area contributed by atoms with Crippen LogP contribution in [0.5, 0.6) is 0 Å². The van der Waals surface area contributed by atoms with Crippen LogP contribution in [-0.2, 0) is 34.2 Å². The Labute approximate surface area is 195 Å². The van der Waals surface area contributed by atoms with E-state index in [1.165, 1.54) is 0 Å². The van der Waals surface area contributed by atoms with Crippen molar-refractivity contribution in [1.29, 1.82) is 5.26 Å². The van der Waals surface area contributed by atoms with E-state index in [1.807, 2.05) is 18.5 Å². The van der Waals surface area contributed by atoms with Crippen LogP contribution in [-0.4, -0.2) is 48.0 Å². The Balaban J connectivity index is 1.45. The van der Waals surface area contributed by atoms with Crippen LogP contribution in [0.25, 0.3) is 0 Å². The number of aromatic nitrogens is 2. The van der Waals surface area contributed by atoms with E-state index in [2.05, 4.69) is 11.2 Å². The topological polar surface area (TPSA) is 99.3 Å². The Bertz CT molecular complexity index is 1190. The highest BCUT2D eigenvalue weighted by atomic mass is 32.2. The van der Waals surface area contributed by atoms with Gasteiger partial charge in [-0.3, -0.25) is 9.48 Å². The third kappa shape index (κ3) is 4.68. The van der Waals surface area contributed by atoms with E-state index < -0.39 is 10.0 Å². The van der Waals surface area contributed by atoms with E-state index in [1.54, 1.807) is 27.4 Å². The van der Waals surface area contributed by atoms with Crippen molar-refractivity contribution < 1.29 is 13.2 Å². The Morgan fingerprint density at radius 3 is 2.64 bits per heavy atom. The fourth-order valence-electron chi connectivity index (χ4n) is 4.89. The second-order valence-corrected chi connectivity index (χ2v) is 10.8. The van der Waals surface area contributed by atoms with Gasteiger partial charge in [-0.25, -0.2) is 8.42 Å². The highest BCUT2D eigenvalue weighted by Gasteiger charge is 2.30. The minimum atomic E-state index is -3.48. The van der Waals surface area contributed by atoms with Crippen molar-refractivity contribution in [3.8, 4) is 6.07 Å². The molecule has 2 aromatic rings. The summed E-state index contributed by atoms with van der Waals surface area (Å²) in [6, 6.07) is 7.31. The standard InChI is InChI=1S/C24H31N5O3S/c1-18-22(19(2)29(26-18)15-6-12-25)8-10-24(30)28-16-11-20-17-21(7-9-23(20)28)33(31,32)27-13-4-3-5-14-27/h7,9,17H,3-6,8,10-11,13-16H2,1-2H3. The molecule has 0 saturated carbocycles. The number of fused-ring (bicyclic) bond motifs is 1. The molecule has 1 aromatic heterocycles. The summed E-state index contributed by atoms with van der Waals surface area (Å²) in [6.07, 6.45) is 4.91. The Morgan fingerprint density at radius 2 is 1.91 bits per heavy atom. The lowest BCUT2D eigenvalue weighted by Crippen LogP contribution is -2.35. The van der Waals surface area contributed by atoms with Crippen molar-refractivity contribution in [3.05, 3.63) is 40.7 Å². The molecule has 0 radical (unpaired) electrons. The summed E-state index contributed by atoms with van der Waals surface area (Å²) in [4.78, 5) is 15.1. The zero-order valence-corrected chi connectivity index (χ0v) is 20.2. The molecule has 0 bridgehead atoms. The van der Waals surface area contributed by atoms with Crippen LogP contribution >= 0.6 is 0 Å². The van der Waals surface area contributed by atoms with Gasteiger partial charge in [-0.15, -0.1) is 0 Å². The third-order valence-corrected chi connectivity index (χ3v) is 8.65. The van der Waals surface area contributed by atoms with Crippen LogP contribution < -0.4 is 4.90 Å². The number of nitrogens with zero attached hydrogens (tertiary/aromatic N) is 5. The summed E-state index contributed by atoms with van der Waals surface area (Å²) < 4.78 is 29.4. The predicted octanol–water partition coefficient (Wildman–Crippen LogP) is 3.11. The largest absolute Gasteiger partial charge is 0.312 e. The summed E-state index contributed by atoms with van der Waals surface area (Å²) in [6.45, 7) is 6.20. The molecule has 2 aliphatic heterocycles. The first-order valence-corrected chi connectivity index (χ1v) is 13.1. The lowest BCUT2D eigenvalue weighted by atomic mass is 10.1. The lowest BCUT2D eigenvalue weighted by molar-refractivity contribution is -0.118. The molecule has 1 saturated heterocycles. The number of anilines is 1. The van der Waals surface area contributed by atoms with Crippen LogP contribution in [0.15, 0.2) is 23.1 Å². The first-order valence-electron chi connectivity index (χ1n) is 11.7. The molecule has 1 amide bonds. The number of hydrogen-bond donors (Lipinski definition) is 0. The van der Waals surface area contributed by atoms with Crippen molar-refractivity contribution >= 4 is 21.6 Å². The van der Waals surface area contributed by atoms with Crippen molar-refractivity contribution in [2.24, 2.45) is 0 Å². The SMILES string of the molecule is Cc1nn(CCC#N)c(C)c1CCC(=O)N1CCc2cc(S(=O)(=O)N3CCCCC3)ccc21. The summed E-state index contributed by atoms with van der Waals surface area (Å²) in [5.74, 6) is 0.0314. The number of amides is 1. The maximum atomic E-state index is 13.0. The quantitative estimate of drug-likeness (QED) is 0.620. The zero-order chi connectivity index (χ0) is 23.6. The summed E-state index contributed by atoms with van der Waals surface area (Å²) in [5.41, 5.74) is 4.69. The second kappa shape index (κ2) is 9.65. The van der Waals surface area contributed by atoms with Crippen molar-refractivity contribution in [1.82, 2.24) is 14.1 Å². The number of rotatable bonds is 7. The number of carbonyl (C=O) groups is 1. The number of nitriles is 1. The van der Waals surface area contributed by atoms with Gasteiger partial charge in [0.15, 0.2) is 0 Å². The van der Waals surface area contributed by atoms with Gasteiger partial charge in [-0.2, -0.15) is 14.7 Å². The number of benzene rings is 1. The number of hydrogen-bond acceptors (Lipinski definition) is 5. The van der Waals surface area contributed by atoms with E-state index >= 15 is 0 Å². The van der Waals surface area contributed by atoms with E-state index in [9.17, 15) is 13.2 Å². The second-order valence-electron chi connectivity index (χ2n) is 8.83. The van der Waals surface area contributed by atoms with Crippen molar-refractivity contribution in [2.45, 2.75) is 70.2 Å². The van der Waals surface area contributed by atoms with Gasteiger partial charge < -0.3 is 4.90 Å². The average Bonchev–Trinajstić information content (AvgIpc) is 3.36. The monoisotopic (exact) mass is 469 g/mol. The van der Waals surface area contributed by atoms with Gasteiger partial charge in [0.1, 0.15) is 0 Å². The zero-order valence-electron chi connectivity index (χ0n) is 19.4. The molecule has 0 unspecified atom stereocenters. The van der Waals surface area contributed by atoms with E-state index in [-0.39, 0.29) is 5.91 Å². The summed E-state index contributed by atoms with van der Waals surface area (Å²) >= 11 is 0. The molecule has 3 heterocycles. The number of aryl methyl sites for hydroxylation is 2. The van der Waals surface area contributed by atoms with Gasteiger partial charge in [0, 0.05) is 37.4 Å². The molecule has 8 nitrogen and oxygen atoms in total. The first-order chi connectivity index (χ1) is 15.8. The molecule has 0 atom stereocenters. The molecule has 0 spiro atoms. The fraction of sp³-hybridized carbons (Fsp3) is 0.542. The van der Waals surface area contributed by atoms with Crippen LogP contribution in [0.1, 0.15) is 54.6 Å². The molecule has 33 heavy (non-hydrogen) atoms. The fourth-order valence-corrected chi connectivity index (χ4v) is 6.46. The normalized spacial score (nSPS) is 16.6.